The van der Waals surface area contributed by atoms with Gasteiger partial charge in [-0.15, -0.1) is 0 Å². The molecule has 0 saturated heterocycles. The summed E-state index contributed by atoms with van der Waals surface area (Å²) < 4.78 is 14.2. The van der Waals surface area contributed by atoms with Gasteiger partial charge in [-0.3, -0.25) is 4.79 Å². The van der Waals surface area contributed by atoms with Crippen LogP contribution in [0.25, 0.3) is 22.4 Å². The number of carbonyl (C=O) groups is 1. The van der Waals surface area contributed by atoms with E-state index in [0.717, 1.165) is 5.56 Å². The number of carbonyl (C=O) groups excluding carboxylic acids is 1. The normalized spacial score (nSPS) is 10.7. The molecule has 0 bridgehead atoms. The second-order valence-corrected chi connectivity index (χ2v) is 6.26. The number of aryl methyl sites for hydroxylation is 1. The van der Waals surface area contributed by atoms with Crippen LogP contribution in [0, 0.1) is 12.7 Å². The second kappa shape index (κ2) is 6.99. The van der Waals surface area contributed by atoms with E-state index < -0.39 is 11.7 Å². The Balaban J connectivity index is 2.24. The van der Waals surface area contributed by atoms with Crippen LogP contribution in [-0.4, -0.2) is 39.9 Å². The molecule has 0 aliphatic heterocycles. The van der Waals surface area contributed by atoms with Gasteiger partial charge in [0.25, 0.3) is 5.91 Å². The summed E-state index contributed by atoms with van der Waals surface area (Å²) in [5.41, 5.74) is 14.5. The predicted octanol–water partition coefficient (Wildman–Crippen LogP) is 2.52. The molecule has 3 rings (SSSR count). The lowest BCUT2D eigenvalue weighted by Gasteiger charge is -2.15. The Labute approximate surface area is 155 Å². The largest absolute Gasteiger partial charge is 0.384 e. The molecule has 0 aliphatic carbocycles. The Morgan fingerprint density at radius 2 is 1.78 bits per heavy atom. The number of rotatable bonds is 3. The molecule has 3 aromatic rings. The number of nitrogen functional groups attached to an aromatic ring is 2. The third-order valence-electron chi connectivity index (χ3n) is 4.06. The molecule has 7 nitrogen and oxygen atoms in total. The lowest BCUT2D eigenvalue weighted by atomic mass is 9.97. The molecule has 0 atom stereocenters. The van der Waals surface area contributed by atoms with Crippen molar-refractivity contribution in [1.29, 1.82) is 0 Å². The molecule has 0 fully saturated rings. The van der Waals surface area contributed by atoms with E-state index in [1.807, 2.05) is 0 Å². The fraction of sp³-hybridized carbons (Fsp3) is 0.158. The van der Waals surface area contributed by atoms with Crippen molar-refractivity contribution >= 4 is 17.7 Å². The summed E-state index contributed by atoms with van der Waals surface area (Å²) in [4.78, 5) is 26.3. The molecule has 8 heteroatoms. The Morgan fingerprint density at radius 3 is 2.41 bits per heavy atom. The summed E-state index contributed by atoms with van der Waals surface area (Å²) in [6.45, 7) is 1.79. The Kier molecular flexibility index (Phi) is 4.72. The van der Waals surface area contributed by atoms with Crippen LogP contribution < -0.4 is 11.5 Å². The maximum absolute atomic E-state index is 14.2. The van der Waals surface area contributed by atoms with Gasteiger partial charge in [0.2, 0.25) is 5.95 Å². The number of anilines is 2. The van der Waals surface area contributed by atoms with Gasteiger partial charge in [-0.2, -0.15) is 0 Å². The number of amides is 1. The summed E-state index contributed by atoms with van der Waals surface area (Å²) in [6.07, 6.45) is 1.61. The minimum atomic E-state index is -0.605. The molecule has 0 unspecified atom stereocenters. The summed E-state index contributed by atoms with van der Waals surface area (Å²) in [6, 6.07) is 7.72. The molecule has 2 aromatic heterocycles. The minimum absolute atomic E-state index is 0.0475. The van der Waals surface area contributed by atoms with Gasteiger partial charge in [0.1, 0.15) is 11.6 Å². The predicted molar refractivity (Wildman–Crippen MR) is 102 cm³/mol. The highest BCUT2D eigenvalue weighted by molar-refractivity contribution is 5.96. The van der Waals surface area contributed by atoms with E-state index >= 15 is 0 Å². The maximum atomic E-state index is 14.2. The van der Waals surface area contributed by atoms with Crippen LogP contribution in [0.4, 0.5) is 16.2 Å². The second-order valence-electron chi connectivity index (χ2n) is 6.26. The average Bonchev–Trinajstić information content (AvgIpc) is 2.62. The topological polar surface area (TPSA) is 111 Å². The van der Waals surface area contributed by atoms with E-state index in [2.05, 4.69) is 15.0 Å². The van der Waals surface area contributed by atoms with Crippen molar-refractivity contribution in [3.05, 3.63) is 53.6 Å². The van der Waals surface area contributed by atoms with Gasteiger partial charge in [0, 0.05) is 37.0 Å². The average molecular weight is 366 g/mol. The van der Waals surface area contributed by atoms with Crippen LogP contribution in [0.3, 0.4) is 0 Å². The SMILES string of the molecule is Cc1nc(N)nc(-c2ccc(F)c(C(=O)N(C)C)c2)c1-c1ccc(N)nc1. The highest BCUT2D eigenvalue weighted by Crippen LogP contribution is 2.34. The Bertz CT molecular complexity index is 1020. The molecular weight excluding hydrogens is 347 g/mol. The highest BCUT2D eigenvalue weighted by atomic mass is 19.1. The van der Waals surface area contributed by atoms with Crippen molar-refractivity contribution in [2.45, 2.75) is 6.92 Å². The zero-order chi connectivity index (χ0) is 19.7. The fourth-order valence-electron chi connectivity index (χ4n) is 2.78. The Hall–Kier alpha value is -3.55. The van der Waals surface area contributed by atoms with Crippen molar-refractivity contribution in [3.63, 3.8) is 0 Å². The molecule has 27 heavy (non-hydrogen) atoms. The van der Waals surface area contributed by atoms with Crippen LogP contribution in [0.15, 0.2) is 36.5 Å². The van der Waals surface area contributed by atoms with E-state index in [1.54, 1.807) is 45.4 Å². The van der Waals surface area contributed by atoms with Crippen molar-refractivity contribution in [2.75, 3.05) is 25.6 Å². The van der Waals surface area contributed by atoms with E-state index in [0.29, 0.717) is 28.3 Å². The van der Waals surface area contributed by atoms with Crippen LogP contribution in [-0.2, 0) is 0 Å². The molecule has 0 spiro atoms. The van der Waals surface area contributed by atoms with Gasteiger partial charge in [-0.25, -0.2) is 19.3 Å². The lowest BCUT2D eigenvalue weighted by molar-refractivity contribution is 0.0823. The van der Waals surface area contributed by atoms with Gasteiger partial charge in [-0.05, 0) is 37.3 Å². The summed E-state index contributed by atoms with van der Waals surface area (Å²) >= 11 is 0. The molecule has 4 N–H and O–H groups in total. The van der Waals surface area contributed by atoms with Crippen molar-refractivity contribution in [3.8, 4) is 22.4 Å². The third kappa shape index (κ3) is 3.55. The Morgan fingerprint density at radius 1 is 1.07 bits per heavy atom. The first kappa shape index (κ1) is 18.2. The van der Waals surface area contributed by atoms with Crippen LogP contribution in [0.5, 0.6) is 0 Å². The number of hydrogen-bond acceptors (Lipinski definition) is 6. The maximum Gasteiger partial charge on any atom is 0.256 e. The molecular formula is C19H19FN6O. The highest BCUT2D eigenvalue weighted by Gasteiger charge is 2.19. The quantitative estimate of drug-likeness (QED) is 0.737. The van der Waals surface area contributed by atoms with Crippen molar-refractivity contribution < 1.29 is 9.18 Å². The lowest BCUT2D eigenvalue weighted by Crippen LogP contribution is -2.22. The molecule has 0 radical (unpaired) electrons. The van der Waals surface area contributed by atoms with Gasteiger partial charge < -0.3 is 16.4 Å². The number of benzene rings is 1. The number of nitrogens with zero attached hydrogens (tertiary/aromatic N) is 4. The van der Waals surface area contributed by atoms with Gasteiger partial charge in [-0.1, -0.05) is 0 Å². The fourth-order valence-corrected chi connectivity index (χ4v) is 2.78. The number of aromatic nitrogens is 3. The van der Waals surface area contributed by atoms with E-state index in [-0.39, 0.29) is 11.5 Å². The van der Waals surface area contributed by atoms with Crippen LogP contribution in [0.1, 0.15) is 16.1 Å². The molecule has 138 valence electrons. The van der Waals surface area contributed by atoms with Gasteiger partial charge in [0.15, 0.2) is 0 Å². The van der Waals surface area contributed by atoms with Gasteiger partial charge in [0.05, 0.1) is 17.0 Å². The summed E-state index contributed by atoms with van der Waals surface area (Å²) in [7, 11) is 3.12. The number of nitrogens with two attached hydrogens (primary N) is 2. The molecule has 0 saturated carbocycles. The van der Waals surface area contributed by atoms with E-state index in [4.69, 9.17) is 11.5 Å². The summed E-state index contributed by atoms with van der Waals surface area (Å²) in [5.74, 6) is -0.579. The van der Waals surface area contributed by atoms with E-state index in [9.17, 15) is 9.18 Å². The van der Waals surface area contributed by atoms with Crippen molar-refractivity contribution in [2.24, 2.45) is 0 Å². The first-order valence-electron chi connectivity index (χ1n) is 8.15. The number of pyridine rings is 1. The van der Waals surface area contributed by atoms with Crippen molar-refractivity contribution in [1.82, 2.24) is 19.9 Å². The van der Waals surface area contributed by atoms with Crippen LogP contribution in [0.2, 0.25) is 0 Å². The zero-order valence-electron chi connectivity index (χ0n) is 15.2. The van der Waals surface area contributed by atoms with Gasteiger partial charge >= 0.3 is 0 Å². The standard InChI is InChI=1S/C19H19FN6O/c1-10-16(12-5-7-15(21)23-9-12)17(25-19(22)24-10)11-4-6-14(20)13(8-11)18(27)26(2)3/h4-9H,1-3H3,(H2,21,23)(H2,22,24,25). The number of hydrogen-bond donors (Lipinski definition) is 2. The molecule has 2 heterocycles. The molecule has 1 amide bonds. The third-order valence-corrected chi connectivity index (χ3v) is 4.06. The van der Waals surface area contributed by atoms with Crippen LogP contribution >= 0.6 is 0 Å². The first-order valence-corrected chi connectivity index (χ1v) is 8.15. The monoisotopic (exact) mass is 366 g/mol. The minimum Gasteiger partial charge on any atom is -0.384 e. The summed E-state index contributed by atoms with van der Waals surface area (Å²) in [5, 5.41) is 0. The first-order chi connectivity index (χ1) is 12.8. The number of halogens is 1. The molecule has 1 aromatic carbocycles. The molecule has 0 aliphatic rings. The smallest absolute Gasteiger partial charge is 0.256 e. The van der Waals surface area contributed by atoms with E-state index in [1.165, 1.54) is 17.0 Å². The zero-order valence-corrected chi connectivity index (χ0v) is 15.2.